The lowest BCUT2D eigenvalue weighted by molar-refractivity contribution is -0.384. The van der Waals surface area contributed by atoms with E-state index >= 15 is 0 Å². The number of nitro groups is 1. The Morgan fingerprint density at radius 1 is 1.28 bits per heavy atom. The molecule has 132 valence electrons. The molecule has 1 aliphatic heterocycles. The molecule has 2 heterocycles. The number of nitro benzene ring substituents is 1. The van der Waals surface area contributed by atoms with Gasteiger partial charge in [-0.15, -0.1) is 11.3 Å². The van der Waals surface area contributed by atoms with Gasteiger partial charge in [-0.1, -0.05) is 6.07 Å². The van der Waals surface area contributed by atoms with Crippen LogP contribution in [0.15, 0.2) is 41.8 Å². The lowest BCUT2D eigenvalue weighted by Gasteiger charge is -2.28. The molecule has 0 N–H and O–H groups in total. The summed E-state index contributed by atoms with van der Waals surface area (Å²) < 4.78 is 23.6. The van der Waals surface area contributed by atoms with Crippen molar-refractivity contribution in [1.82, 2.24) is 4.90 Å². The van der Waals surface area contributed by atoms with E-state index in [1.165, 1.54) is 35.6 Å². The molecular weight excluding hydrogens is 364 g/mol. The van der Waals surface area contributed by atoms with E-state index in [0.717, 1.165) is 4.88 Å². The van der Waals surface area contributed by atoms with Crippen molar-refractivity contribution >= 4 is 32.8 Å². The van der Waals surface area contributed by atoms with Gasteiger partial charge in [-0.2, -0.15) is 0 Å². The SMILES string of the molecule is O=C(c1ccc([N+](=O)[O-])cc1)N(Cc1cccs1)[C@H]1CCS(=O)(=O)C1. The molecule has 1 aliphatic rings. The van der Waals surface area contributed by atoms with Crippen molar-refractivity contribution in [2.24, 2.45) is 0 Å². The second-order valence-corrected chi connectivity index (χ2v) is 9.13. The molecule has 3 rings (SSSR count). The van der Waals surface area contributed by atoms with E-state index < -0.39 is 14.8 Å². The second-order valence-electron chi connectivity index (χ2n) is 5.87. The summed E-state index contributed by atoms with van der Waals surface area (Å²) >= 11 is 1.50. The third-order valence-electron chi connectivity index (χ3n) is 4.14. The average molecular weight is 380 g/mol. The Morgan fingerprint density at radius 2 is 2.00 bits per heavy atom. The van der Waals surface area contributed by atoms with E-state index in [-0.39, 0.29) is 29.1 Å². The molecule has 25 heavy (non-hydrogen) atoms. The summed E-state index contributed by atoms with van der Waals surface area (Å²) in [6.07, 6.45) is 0.409. The van der Waals surface area contributed by atoms with Crippen molar-refractivity contribution in [3.05, 3.63) is 62.3 Å². The predicted molar refractivity (Wildman–Crippen MR) is 94.3 cm³/mol. The first-order valence-corrected chi connectivity index (χ1v) is 10.3. The van der Waals surface area contributed by atoms with E-state index in [0.29, 0.717) is 18.5 Å². The Morgan fingerprint density at radius 3 is 2.52 bits per heavy atom. The molecule has 1 atom stereocenters. The molecule has 0 saturated carbocycles. The Labute approximate surface area is 149 Å². The van der Waals surface area contributed by atoms with Crippen LogP contribution in [-0.4, -0.2) is 41.7 Å². The van der Waals surface area contributed by atoms with Gasteiger partial charge in [0.15, 0.2) is 9.84 Å². The van der Waals surface area contributed by atoms with E-state index in [2.05, 4.69) is 0 Å². The molecular formula is C16H16N2O5S2. The monoisotopic (exact) mass is 380 g/mol. The molecule has 1 aromatic heterocycles. The molecule has 1 aromatic carbocycles. The zero-order chi connectivity index (χ0) is 18.0. The summed E-state index contributed by atoms with van der Waals surface area (Å²) in [6.45, 7) is 0.327. The van der Waals surface area contributed by atoms with Crippen LogP contribution < -0.4 is 0 Å². The van der Waals surface area contributed by atoms with Gasteiger partial charge in [0.2, 0.25) is 0 Å². The summed E-state index contributed by atoms with van der Waals surface area (Å²) in [5, 5.41) is 12.7. The van der Waals surface area contributed by atoms with Gasteiger partial charge in [0.25, 0.3) is 11.6 Å². The Kier molecular flexibility index (Phi) is 4.87. The van der Waals surface area contributed by atoms with Crippen LogP contribution in [0.3, 0.4) is 0 Å². The molecule has 2 aromatic rings. The van der Waals surface area contributed by atoms with Gasteiger partial charge in [0.05, 0.1) is 23.0 Å². The van der Waals surface area contributed by atoms with Crippen LogP contribution in [0.4, 0.5) is 5.69 Å². The normalized spacial score (nSPS) is 18.8. The zero-order valence-electron chi connectivity index (χ0n) is 13.2. The molecule has 0 radical (unpaired) electrons. The van der Waals surface area contributed by atoms with Crippen LogP contribution in [0.25, 0.3) is 0 Å². The fourth-order valence-corrected chi connectivity index (χ4v) is 5.28. The largest absolute Gasteiger partial charge is 0.329 e. The predicted octanol–water partition coefficient (Wildman–Crippen LogP) is 2.49. The van der Waals surface area contributed by atoms with Gasteiger partial charge in [-0.25, -0.2) is 8.42 Å². The average Bonchev–Trinajstić information content (AvgIpc) is 3.21. The highest BCUT2D eigenvalue weighted by Gasteiger charge is 2.35. The first kappa shape index (κ1) is 17.6. The third-order valence-corrected chi connectivity index (χ3v) is 6.75. The number of nitrogens with zero attached hydrogens (tertiary/aromatic N) is 2. The lowest BCUT2D eigenvalue weighted by atomic mass is 10.1. The number of non-ortho nitro benzene ring substituents is 1. The van der Waals surface area contributed by atoms with Gasteiger partial charge in [-0.3, -0.25) is 14.9 Å². The number of carbonyl (C=O) groups excluding carboxylic acids is 1. The zero-order valence-corrected chi connectivity index (χ0v) is 14.8. The van der Waals surface area contributed by atoms with Crippen LogP contribution >= 0.6 is 11.3 Å². The third kappa shape index (κ3) is 4.05. The van der Waals surface area contributed by atoms with Gasteiger partial charge in [0.1, 0.15) is 0 Å². The second kappa shape index (κ2) is 6.93. The molecule has 0 bridgehead atoms. The fourth-order valence-electron chi connectivity index (χ4n) is 2.85. The van der Waals surface area contributed by atoms with Gasteiger partial charge >= 0.3 is 0 Å². The Bertz CT molecular complexity index is 876. The highest BCUT2D eigenvalue weighted by molar-refractivity contribution is 7.91. The summed E-state index contributed by atoms with van der Waals surface area (Å²) in [4.78, 5) is 25.7. The number of benzene rings is 1. The van der Waals surface area contributed by atoms with Crippen LogP contribution in [0.5, 0.6) is 0 Å². The number of rotatable bonds is 5. The van der Waals surface area contributed by atoms with E-state index in [4.69, 9.17) is 0 Å². The highest BCUT2D eigenvalue weighted by atomic mass is 32.2. The van der Waals surface area contributed by atoms with Crippen LogP contribution in [0.1, 0.15) is 21.7 Å². The Balaban J connectivity index is 1.87. The van der Waals surface area contributed by atoms with Gasteiger partial charge < -0.3 is 4.90 Å². The molecule has 0 aliphatic carbocycles. The minimum absolute atomic E-state index is 0.0445. The van der Waals surface area contributed by atoms with Crippen molar-refractivity contribution in [3.63, 3.8) is 0 Å². The number of amides is 1. The topological polar surface area (TPSA) is 97.6 Å². The van der Waals surface area contributed by atoms with Crippen molar-refractivity contribution < 1.29 is 18.1 Å². The van der Waals surface area contributed by atoms with Gasteiger partial charge in [0, 0.05) is 28.6 Å². The first-order chi connectivity index (χ1) is 11.9. The fraction of sp³-hybridized carbons (Fsp3) is 0.312. The maximum Gasteiger partial charge on any atom is 0.269 e. The smallest absolute Gasteiger partial charge is 0.269 e. The van der Waals surface area contributed by atoms with Crippen molar-refractivity contribution in [1.29, 1.82) is 0 Å². The molecule has 0 unspecified atom stereocenters. The van der Waals surface area contributed by atoms with E-state index in [1.54, 1.807) is 4.90 Å². The summed E-state index contributed by atoms with van der Waals surface area (Å²) in [6, 6.07) is 8.76. The summed E-state index contributed by atoms with van der Waals surface area (Å²) in [5.41, 5.74) is 0.219. The van der Waals surface area contributed by atoms with Crippen LogP contribution in [0, 0.1) is 10.1 Å². The lowest BCUT2D eigenvalue weighted by Crippen LogP contribution is -2.40. The highest BCUT2D eigenvalue weighted by Crippen LogP contribution is 2.24. The molecule has 1 saturated heterocycles. The van der Waals surface area contributed by atoms with Crippen LogP contribution in [0.2, 0.25) is 0 Å². The maximum atomic E-state index is 12.9. The van der Waals surface area contributed by atoms with Crippen molar-refractivity contribution in [2.45, 2.75) is 19.0 Å². The molecule has 7 nitrogen and oxygen atoms in total. The van der Waals surface area contributed by atoms with Gasteiger partial charge in [-0.05, 0) is 30.0 Å². The quantitative estimate of drug-likeness (QED) is 0.586. The number of sulfone groups is 1. The standard InChI is InChI=1S/C16H16N2O5S2/c19-16(12-3-5-13(6-4-12)18(20)21)17(10-15-2-1-8-24-15)14-7-9-25(22,23)11-14/h1-6,8,14H,7,9-11H2/t14-/m0/s1. The maximum absolute atomic E-state index is 12.9. The molecule has 1 fully saturated rings. The number of hydrogen-bond acceptors (Lipinski definition) is 6. The van der Waals surface area contributed by atoms with Crippen molar-refractivity contribution in [2.75, 3.05) is 11.5 Å². The van der Waals surface area contributed by atoms with Crippen molar-refractivity contribution in [3.8, 4) is 0 Å². The minimum atomic E-state index is -3.13. The van der Waals surface area contributed by atoms with E-state index in [1.807, 2.05) is 17.5 Å². The summed E-state index contributed by atoms with van der Waals surface area (Å²) in [5.74, 6) is -0.283. The number of hydrogen-bond donors (Lipinski definition) is 0. The number of carbonyl (C=O) groups is 1. The van der Waals surface area contributed by atoms with Crippen LogP contribution in [-0.2, 0) is 16.4 Å². The minimum Gasteiger partial charge on any atom is -0.329 e. The first-order valence-electron chi connectivity index (χ1n) is 7.64. The van der Waals surface area contributed by atoms with E-state index in [9.17, 15) is 23.3 Å². The molecule has 0 spiro atoms. The molecule has 1 amide bonds. The Hall–Kier alpha value is -2.26. The summed E-state index contributed by atoms with van der Waals surface area (Å²) in [7, 11) is -3.13. The number of thiophene rings is 1. The molecule has 9 heteroatoms.